The van der Waals surface area contributed by atoms with E-state index in [1.807, 2.05) is 21.9 Å². The Morgan fingerprint density at radius 2 is 1.32 bits per heavy atom. The normalized spacial score (nSPS) is 16.1. The van der Waals surface area contributed by atoms with Gasteiger partial charge in [0.2, 0.25) is 0 Å². The van der Waals surface area contributed by atoms with Crippen LogP contribution in [-0.2, 0) is 0 Å². The minimum atomic E-state index is -0.273. The molecule has 0 atom stereocenters. The minimum Gasteiger partial charge on any atom is -0.368 e. The van der Waals surface area contributed by atoms with Crippen LogP contribution in [0.4, 0.5) is 11.4 Å². The number of pyridine rings is 2. The number of amides is 3. The number of benzene rings is 1. The summed E-state index contributed by atoms with van der Waals surface area (Å²) in [6, 6.07) is 12.3. The van der Waals surface area contributed by atoms with Crippen molar-refractivity contribution < 1.29 is 14.4 Å². The summed E-state index contributed by atoms with van der Waals surface area (Å²) < 4.78 is 0. The Kier molecular flexibility index (Phi) is 7.89. The quantitative estimate of drug-likeness (QED) is 0.538. The van der Waals surface area contributed by atoms with E-state index in [1.165, 1.54) is 0 Å². The van der Waals surface area contributed by atoms with Gasteiger partial charge in [-0.3, -0.25) is 24.4 Å². The second kappa shape index (κ2) is 11.8. The number of hydrogen-bond donors (Lipinski definition) is 2. The Balaban J connectivity index is 1.39. The molecule has 2 saturated heterocycles. The second-order valence-electron chi connectivity index (χ2n) is 9.33. The molecule has 3 aromatic rings. The van der Waals surface area contributed by atoms with Crippen LogP contribution < -0.4 is 15.5 Å². The van der Waals surface area contributed by atoms with E-state index in [1.54, 1.807) is 55.1 Å². The van der Waals surface area contributed by atoms with Crippen molar-refractivity contribution in [1.29, 1.82) is 0 Å². The number of anilines is 2. The molecule has 2 N–H and O–H groups in total. The van der Waals surface area contributed by atoms with Gasteiger partial charge in [-0.25, -0.2) is 0 Å². The highest BCUT2D eigenvalue weighted by molar-refractivity contribution is 6.07. The van der Waals surface area contributed by atoms with Crippen molar-refractivity contribution in [3.63, 3.8) is 0 Å². The standard InChI is InChI=1S/C28H31N7O3/c36-26(21-4-8-29-9-5-21)32-24-20-23(28(38)35-16-12-31-13-17-35)2-3-25(24)33-14-1-15-34(19-18-33)27(37)22-6-10-30-11-7-22/h2-11,20,31H,1,12-19H2,(H,32,36). The summed E-state index contributed by atoms with van der Waals surface area (Å²) in [6.45, 7) is 5.30. The van der Waals surface area contributed by atoms with E-state index < -0.39 is 0 Å². The molecule has 0 saturated carbocycles. The van der Waals surface area contributed by atoms with Crippen LogP contribution in [0.5, 0.6) is 0 Å². The number of nitrogens with zero attached hydrogens (tertiary/aromatic N) is 5. The number of rotatable bonds is 5. The van der Waals surface area contributed by atoms with Gasteiger partial charge < -0.3 is 25.3 Å². The molecule has 5 rings (SSSR count). The lowest BCUT2D eigenvalue weighted by Gasteiger charge is -2.29. The van der Waals surface area contributed by atoms with E-state index in [0.29, 0.717) is 61.6 Å². The number of piperazine rings is 1. The van der Waals surface area contributed by atoms with Crippen molar-refractivity contribution in [3.05, 3.63) is 83.9 Å². The molecule has 2 aliphatic rings. The molecule has 0 aliphatic carbocycles. The number of aromatic nitrogens is 2. The lowest BCUT2D eigenvalue weighted by molar-refractivity contribution is 0.0734. The summed E-state index contributed by atoms with van der Waals surface area (Å²) >= 11 is 0. The van der Waals surface area contributed by atoms with E-state index in [-0.39, 0.29) is 17.7 Å². The largest absolute Gasteiger partial charge is 0.368 e. The molecule has 38 heavy (non-hydrogen) atoms. The van der Waals surface area contributed by atoms with Gasteiger partial charge in [0.15, 0.2) is 0 Å². The highest BCUT2D eigenvalue weighted by Crippen LogP contribution is 2.30. The third-order valence-corrected chi connectivity index (χ3v) is 6.89. The number of nitrogens with one attached hydrogen (secondary N) is 2. The summed E-state index contributed by atoms with van der Waals surface area (Å²) in [4.78, 5) is 53.1. The van der Waals surface area contributed by atoms with Crippen LogP contribution in [0.3, 0.4) is 0 Å². The average molecular weight is 514 g/mol. The van der Waals surface area contributed by atoms with Gasteiger partial charge in [-0.15, -0.1) is 0 Å². The van der Waals surface area contributed by atoms with E-state index >= 15 is 0 Å². The van der Waals surface area contributed by atoms with Gasteiger partial charge in [-0.2, -0.15) is 0 Å². The molecule has 0 unspecified atom stereocenters. The highest BCUT2D eigenvalue weighted by Gasteiger charge is 2.24. The minimum absolute atomic E-state index is 0.0163. The Hall–Kier alpha value is -4.31. The van der Waals surface area contributed by atoms with Crippen LogP contribution in [0.25, 0.3) is 0 Å². The van der Waals surface area contributed by atoms with Crippen molar-refractivity contribution in [2.24, 2.45) is 0 Å². The van der Waals surface area contributed by atoms with E-state index in [0.717, 1.165) is 25.2 Å². The lowest BCUT2D eigenvalue weighted by Crippen LogP contribution is -2.46. The maximum absolute atomic E-state index is 13.2. The summed E-state index contributed by atoms with van der Waals surface area (Å²) in [5.74, 6) is -0.343. The summed E-state index contributed by atoms with van der Waals surface area (Å²) in [5, 5.41) is 6.29. The monoisotopic (exact) mass is 513 g/mol. The van der Waals surface area contributed by atoms with Crippen molar-refractivity contribution in [2.75, 3.05) is 62.6 Å². The Labute approximate surface area is 221 Å². The molecule has 2 aromatic heterocycles. The van der Waals surface area contributed by atoms with Gasteiger partial charge in [-0.05, 0) is 48.9 Å². The molecular weight excluding hydrogens is 482 g/mol. The third kappa shape index (κ3) is 5.81. The van der Waals surface area contributed by atoms with Crippen molar-refractivity contribution in [2.45, 2.75) is 6.42 Å². The van der Waals surface area contributed by atoms with Crippen LogP contribution in [0.15, 0.2) is 67.3 Å². The first kappa shape index (κ1) is 25.3. The molecule has 3 amide bonds. The van der Waals surface area contributed by atoms with Gasteiger partial charge in [0, 0.05) is 93.8 Å². The van der Waals surface area contributed by atoms with Gasteiger partial charge in [0.1, 0.15) is 0 Å². The first-order chi connectivity index (χ1) is 18.6. The third-order valence-electron chi connectivity index (χ3n) is 6.89. The maximum Gasteiger partial charge on any atom is 0.255 e. The molecule has 0 radical (unpaired) electrons. The fourth-order valence-electron chi connectivity index (χ4n) is 4.83. The Morgan fingerprint density at radius 1 is 0.684 bits per heavy atom. The molecule has 2 aliphatic heterocycles. The van der Waals surface area contributed by atoms with E-state index in [9.17, 15) is 14.4 Å². The van der Waals surface area contributed by atoms with Gasteiger partial charge in [-0.1, -0.05) is 0 Å². The zero-order valence-corrected chi connectivity index (χ0v) is 21.2. The van der Waals surface area contributed by atoms with Gasteiger partial charge in [0.05, 0.1) is 11.4 Å². The molecule has 2 fully saturated rings. The summed E-state index contributed by atoms with van der Waals surface area (Å²) in [7, 11) is 0. The summed E-state index contributed by atoms with van der Waals surface area (Å²) in [6.07, 6.45) is 7.17. The molecule has 1 aromatic carbocycles. The first-order valence-corrected chi connectivity index (χ1v) is 12.9. The van der Waals surface area contributed by atoms with Crippen molar-refractivity contribution >= 4 is 29.1 Å². The van der Waals surface area contributed by atoms with Crippen LogP contribution in [0.1, 0.15) is 37.5 Å². The van der Waals surface area contributed by atoms with Crippen LogP contribution >= 0.6 is 0 Å². The molecular formula is C28H31N7O3. The smallest absolute Gasteiger partial charge is 0.255 e. The summed E-state index contributed by atoms with van der Waals surface area (Å²) in [5.41, 5.74) is 3.03. The Morgan fingerprint density at radius 3 is 2.03 bits per heavy atom. The molecule has 196 valence electrons. The fraction of sp³-hybridized carbons (Fsp3) is 0.321. The second-order valence-corrected chi connectivity index (χ2v) is 9.33. The predicted molar refractivity (Wildman–Crippen MR) is 144 cm³/mol. The first-order valence-electron chi connectivity index (χ1n) is 12.9. The van der Waals surface area contributed by atoms with Gasteiger partial charge in [0.25, 0.3) is 17.7 Å². The SMILES string of the molecule is O=C(Nc1cc(C(=O)N2CCNCC2)ccc1N1CCCN(C(=O)c2ccncc2)CC1)c1ccncc1. The van der Waals surface area contributed by atoms with Crippen LogP contribution in [0, 0.1) is 0 Å². The predicted octanol–water partition coefficient (Wildman–Crippen LogP) is 2.13. The molecule has 0 spiro atoms. The molecule has 10 heteroatoms. The highest BCUT2D eigenvalue weighted by atomic mass is 16.2. The van der Waals surface area contributed by atoms with Gasteiger partial charge >= 0.3 is 0 Å². The van der Waals surface area contributed by atoms with E-state index in [4.69, 9.17) is 0 Å². The lowest BCUT2D eigenvalue weighted by atomic mass is 10.1. The average Bonchev–Trinajstić information content (AvgIpc) is 3.24. The zero-order valence-electron chi connectivity index (χ0n) is 21.2. The molecule has 4 heterocycles. The Bertz CT molecular complexity index is 1280. The van der Waals surface area contributed by atoms with E-state index in [2.05, 4.69) is 25.5 Å². The number of carbonyl (C=O) groups is 3. The number of hydrogen-bond acceptors (Lipinski definition) is 7. The van der Waals surface area contributed by atoms with Crippen molar-refractivity contribution in [1.82, 2.24) is 25.1 Å². The zero-order chi connectivity index (χ0) is 26.3. The van der Waals surface area contributed by atoms with Crippen LogP contribution in [-0.4, -0.2) is 89.8 Å². The molecule has 10 nitrogen and oxygen atoms in total. The maximum atomic E-state index is 13.2. The number of carbonyl (C=O) groups excluding carboxylic acids is 3. The molecule has 0 bridgehead atoms. The topological polar surface area (TPSA) is 111 Å². The van der Waals surface area contributed by atoms with Crippen molar-refractivity contribution in [3.8, 4) is 0 Å². The fourth-order valence-corrected chi connectivity index (χ4v) is 4.83. The van der Waals surface area contributed by atoms with Crippen LogP contribution in [0.2, 0.25) is 0 Å².